The summed E-state index contributed by atoms with van der Waals surface area (Å²) >= 11 is 0. The van der Waals surface area contributed by atoms with Gasteiger partial charge in [0.25, 0.3) is 15.9 Å². The summed E-state index contributed by atoms with van der Waals surface area (Å²) in [5, 5.41) is 2.73. The zero-order chi connectivity index (χ0) is 20.9. The predicted octanol–water partition coefficient (Wildman–Crippen LogP) is 2.65. The van der Waals surface area contributed by atoms with E-state index in [9.17, 15) is 13.2 Å². The molecule has 0 heterocycles. The summed E-state index contributed by atoms with van der Waals surface area (Å²) in [4.78, 5) is 12.3. The van der Waals surface area contributed by atoms with E-state index in [4.69, 9.17) is 14.2 Å². The van der Waals surface area contributed by atoms with Gasteiger partial charge in [0, 0.05) is 12.1 Å². The van der Waals surface area contributed by atoms with Gasteiger partial charge in [-0.25, -0.2) is 8.42 Å². The molecular formula is C19H24N2O6S. The highest BCUT2D eigenvalue weighted by Crippen LogP contribution is 2.31. The first-order valence-electron chi connectivity index (χ1n) is 8.45. The Balaban J connectivity index is 2.39. The van der Waals surface area contributed by atoms with Crippen molar-refractivity contribution < 1.29 is 27.4 Å². The Labute approximate surface area is 164 Å². The van der Waals surface area contributed by atoms with Crippen LogP contribution >= 0.6 is 0 Å². The molecule has 9 heteroatoms. The van der Waals surface area contributed by atoms with Crippen molar-refractivity contribution >= 4 is 21.6 Å². The molecule has 0 fully saturated rings. The Morgan fingerprint density at radius 3 is 2.07 bits per heavy atom. The van der Waals surface area contributed by atoms with Crippen LogP contribution in [0.15, 0.2) is 41.3 Å². The number of carbonyl (C=O) groups excluding carboxylic acids is 1. The minimum absolute atomic E-state index is 0.0722. The lowest BCUT2D eigenvalue weighted by molar-refractivity contribution is 0.0940. The molecule has 1 amide bonds. The number of methoxy groups -OCH3 is 3. The number of anilines is 1. The number of benzene rings is 2. The molecule has 28 heavy (non-hydrogen) atoms. The van der Waals surface area contributed by atoms with E-state index in [1.807, 2.05) is 13.8 Å². The van der Waals surface area contributed by atoms with Crippen LogP contribution in [-0.4, -0.2) is 41.7 Å². The maximum Gasteiger partial charge on any atom is 0.261 e. The fraction of sp³-hybridized carbons (Fsp3) is 0.316. The van der Waals surface area contributed by atoms with Crippen molar-refractivity contribution in [3.63, 3.8) is 0 Å². The number of ether oxygens (including phenoxy) is 3. The molecule has 0 radical (unpaired) electrons. The van der Waals surface area contributed by atoms with E-state index in [0.717, 1.165) is 0 Å². The molecule has 2 aromatic rings. The van der Waals surface area contributed by atoms with Crippen LogP contribution in [0, 0.1) is 0 Å². The highest BCUT2D eigenvalue weighted by Gasteiger charge is 2.21. The third kappa shape index (κ3) is 4.86. The molecule has 0 aromatic heterocycles. The van der Waals surface area contributed by atoms with Crippen LogP contribution in [0.25, 0.3) is 0 Å². The second kappa shape index (κ2) is 8.83. The molecule has 2 aromatic carbocycles. The molecule has 0 aliphatic carbocycles. The van der Waals surface area contributed by atoms with Crippen molar-refractivity contribution in [3.8, 4) is 17.2 Å². The number of nitrogens with one attached hydrogen (secondary N) is 2. The molecule has 2 rings (SSSR count). The standard InChI is InChI=1S/C19H24N2O6S/c1-12(2)20-19(22)15-11-14(7-9-16(15)25-3)28(23,24)21-13-6-8-17(26-4)18(10-13)27-5/h6-12,21H,1-5H3,(H,20,22). The van der Waals surface area contributed by atoms with Crippen molar-refractivity contribution in [2.45, 2.75) is 24.8 Å². The van der Waals surface area contributed by atoms with Crippen LogP contribution in [0.2, 0.25) is 0 Å². The summed E-state index contributed by atoms with van der Waals surface area (Å²) in [5.41, 5.74) is 0.424. The Hall–Kier alpha value is -2.94. The molecule has 0 aliphatic rings. The molecule has 0 unspecified atom stereocenters. The minimum atomic E-state index is -3.95. The lowest BCUT2D eigenvalue weighted by Crippen LogP contribution is -2.30. The van der Waals surface area contributed by atoms with Gasteiger partial charge in [-0.15, -0.1) is 0 Å². The fourth-order valence-electron chi connectivity index (χ4n) is 2.49. The van der Waals surface area contributed by atoms with Gasteiger partial charge in [0.15, 0.2) is 11.5 Å². The third-order valence-corrected chi connectivity index (χ3v) is 5.16. The Morgan fingerprint density at radius 2 is 1.50 bits per heavy atom. The van der Waals surface area contributed by atoms with E-state index in [1.54, 1.807) is 12.1 Å². The lowest BCUT2D eigenvalue weighted by atomic mass is 10.2. The largest absolute Gasteiger partial charge is 0.496 e. The molecule has 0 bridgehead atoms. The average molecular weight is 408 g/mol. The van der Waals surface area contributed by atoms with E-state index < -0.39 is 15.9 Å². The first-order chi connectivity index (χ1) is 13.2. The van der Waals surface area contributed by atoms with E-state index in [-0.39, 0.29) is 22.3 Å². The first kappa shape index (κ1) is 21.4. The molecular weight excluding hydrogens is 384 g/mol. The zero-order valence-electron chi connectivity index (χ0n) is 16.4. The fourth-order valence-corrected chi connectivity index (χ4v) is 3.56. The van der Waals surface area contributed by atoms with Crippen molar-refractivity contribution in [3.05, 3.63) is 42.0 Å². The van der Waals surface area contributed by atoms with Crippen molar-refractivity contribution in [1.29, 1.82) is 0 Å². The maximum absolute atomic E-state index is 12.8. The van der Waals surface area contributed by atoms with Crippen molar-refractivity contribution in [2.24, 2.45) is 0 Å². The molecule has 2 N–H and O–H groups in total. The van der Waals surface area contributed by atoms with E-state index in [0.29, 0.717) is 17.2 Å². The number of carbonyl (C=O) groups is 1. The predicted molar refractivity (Wildman–Crippen MR) is 106 cm³/mol. The molecule has 0 aliphatic heterocycles. The van der Waals surface area contributed by atoms with Gasteiger partial charge in [0.1, 0.15) is 5.75 Å². The second-order valence-electron chi connectivity index (χ2n) is 6.17. The van der Waals surface area contributed by atoms with Gasteiger partial charge in [-0.2, -0.15) is 0 Å². The molecule has 152 valence electrons. The summed E-state index contributed by atoms with van der Waals surface area (Å²) in [6.45, 7) is 3.62. The Morgan fingerprint density at radius 1 is 0.893 bits per heavy atom. The number of sulfonamides is 1. The smallest absolute Gasteiger partial charge is 0.261 e. The zero-order valence-corrected chi connectivity index (χ0v) is 17.2. The van der Waals surface area contributed by atoms with E-state index in [1.165, 1.54) is 45.6 Å². The van der Waals surface area contributed by atoms with Gasteiger partial charge in [0.05, 0.1) is 37.5 Å². The topological polar surface area (TPSA) is 103 Å². The van der Waals surface area contributed by atoms with Gasteiger partial charge in [-0.1, -0.05) is 0 Å². The molecule has 8 nitrogen and oxygen atoms in total. The van der Waals surface area contributed by atoms with Gasteiger partial charge in [0.2, 0.25) is 0 Å². The highest BCUT2D eigenvalue weighted by molar-refractivity contribution is 7.92. The van der Waals surface area contributed by atoms with Crippen LogP contribution in [0.1, 0.15) is 24.2 Å². The summed E-state index contributed by atoms with van der Waals surface area (Å²) in [6.07, 6.45) is 0. The quantitative estimate of drug-likeness (QED) is 0.696. The highest BCUT2D eigenvalue weighted by atomic mass is 32.2. The second-order valence-corrected chi connectivity index (χ2v) is 7.85. The SMILES string of the molecule is COc1ccc(NS(=O)(=O)c2ccc(OC)c(C(=O)NC(C)C)c2)cc1OC. The van der Waals surface area contributed by atoms with Gasteiger partial charge < -0.3 is 19.5 Å². The average Bonchev–Trinajstić information content (AvgIpc) is 2.66. The molecule has 0 saturated heterocycles. The summed E-state index contributed by atoms with van der Waals surface area (Å²) in [7, 11) is 0.411. The number of amides is 1. The summed E-state index contributed by atoms with van der Waals surface area (Å²) < 4.78 is 43.6. The lowest BCUT2D eigenvalue weighted by Gasteiger charge is -2.14. The Bertz CT molecular complexity index is 957. The van der Waals surface area contributed by atoms with Crippen molar-refractivity contribution in [1.82, 2.24) is 5.32 Å². The van der Waals surface area contributed by atoms with Crippen molar-refractivity contribution in [2.75, 3.05) is 26.1 Å². The van der Waals surface area contributed by atoms with Gasteiger partial charge in [-0.05, 0) is 44.2 Å². The monoisotopic (exact) mass is 408 g/mol. The summed E-state index contributed by atoms with van der Waals surface area (Å²) in [6, 6.07) is 8.63. The molecule has 0 spiro atoms. The van der Waals surface area contributed by atoms with Crippen LogP contribution in [0.4, 0.5) is 5.69 Å². The minimum Gasteiger partial charge on any atom is -0.496 e. The normalized spacial score (nSPS) is 11.1. The van der Waals surface area contributed by atoms with E-state index >= 15 is 0 Å². The van der Waals surface area contributed by atoms with E-state index in [2.05, 4.69) is 10.0 Å². The van der Waals surface area contributed by atoms with Crippen LogP contribution in [-0.2, 0) is 10.0 Å². The third-order valence-electron chi connectivity index (χ3n) is 3.78. The van der Waals surface area contributed by atoms with Gasteiger partial charge >= 0.3 is 0 Å². The number of rotatable bonds is 8. The van der Waals surface area contributed by atoms with Gasteiger partial charge in [-0.3, -0.25) is 9.52 Å². The maximum atomic E-state index is 12.8. The summed E-state index contributed by atoms with van der Waals surface area (Å²) in [5.74, 6) is 0.718. The van der Waals surface area contributed by atoms with Crippen LogP contribution in [0.5, 0.6) is 17.2 Å². The molecule has 0 saturated carbocycles. The first-order valence-corrected chi connectivity index (χ1v) is 9.94. The van der Waals surface area contributed by atoms with Crippen LogP contribution in [0.3, 0.4) is 0 Å². The Kier molecular flexibility index (Phi) is 6.74. The van der Waals surface area contributed by atoms with Crippen LogP contribution < -0.4 is 24.2 Å². The number of hydrogen-bond donors (Lipinski definition) is 2. The molecule has 0 atom stereocenters. The number of hydrogen-bond acceptors (Lipinski definition) is 6.